The highest BCUT2D eigenvalue weighted by atomic mass is 32.2. The molecule has 0 saturated heterocycles. The Balaban J connectivity index is 1.42. The van der Waals surface area contributed by atoms with E-state index in [1.165, 1.54) is 11.0 Å². The predicted octanol–water partition coefficient (Wildman–Crippen LogP) is 6.46. The number of benzene rings is 2. The fourth-order valence-electron chi connectivity index (χ4n) is 5.23. The zero-order valence-corrected chi connectivity index (χ0v) is 19.8. The number of halogens is 1. The van der Waals surface area contributed by atoms with Crippen LogP contribution < -0.4 is 10.2 Å². The van der Waals surface area contributed by atoms with Gasteiger partial charge in [0.25, 0.3) is 0 Å². The first-order valence-corrected chi connectivity index (χ1v) is 12.7. The van der Waals surface area contributed by atoms with Crippen molar-refractivity contribution in [3.05, 3.63) is 77.2 Å². The summed E-state index contributed by atoms with van der Waals surface area (Å²) in [6.45, 7) is 3.06. The van der Waals surface area contributed by atoms with Gasteiger partial charge in [-0.25, -0.2) is 14.2 Å². The van der Waals surface area contributed by atoms with Crippen molar-refractivity contribution in [2.24, 2.45) is 0 Å². The van der Waals surface area contributed by atoms with Crippen molar-refractivity contribution in [3.8, 4) is 11.3 Å². The van der Waals surface area contributed by atoms with E-state index in [0.717, 1.165) is 59.4 Å². The van der Waals surface area contributed by atoms with Gasteiger partial charge in [-0.15, -0.1) is 11.8 Å². The van der Waals surface area contributed by atoms with Gasteiger partial charge in [0.15, 0.2) is 0 Å². The van der Waals surface area contributed by atoms with Crippen molar-refractivity contribution < 1.29 is 9.18 Å². The molecule has 1 aliphatic heterocycles. The number of aryl methyl sites for hydroxylation is 1. The van der Waals surface area contributed by atoms with E-state index < -0.39 is 0 Å². The maximum atomic E-state index is 13.6. The Morgan fingerprint density at radius 1 is 1.12 bits per heavy atom. The van der Waals surface area contributed by atoms with Crippen LogP contribution in [0.4, 0.5) is 14.9 Å². The van der Waals surface area contributed by atoms with Gasteiger partial charge in [0.05, 0.1) is 17.1 Å². The molecule has 0 radical (unpaired) electrons. The van der Waals surface area contributed by atoms with Crippen LogP contribution in [-0.4, -0.2) is 23.8 Å². The summed E-state index contributed by atoms with van der Waals surface area (Å²) < 4.78 is 13.6. The molecule has 2 aliphatic rings. The second-order valence-corrected chi connectivity index (χ2v) is 9.98. The molecule has 0 bridgehead atoms. The molecule has 1 saturated carbocycles. The van der Waals surface area contributed by atoms with Crippen LogP contribution in [0.15, 0.2) is 59.5 Å². The average molecular weight is 462 g/mol. The van der Waals surface area contributed by atoms with Crippen LogP contribution >= 0.6 is 11.8 Å². The largest absolute Gasteiger partial charge is 0.334 e. The summed E-state index contributed by atoms with van der Waals surface area (Å²) in [7, 11) is 0. The van der Waals surface area contributed by atoms with E-state index in [1.54, 1.807) is 23.9 Å². The number of carbonyl (C=O) groups is 1. The monoisotopic (exact) mass is 461 g/mol. The Morgan fingerprint density at radius 3 is 2.58 bits per heavy atom. The smallest absolute Gasteiger partial charge is 0.322 e. The zero-order chi connectivity index (χ0) is 23.0. The molecule has 1 N–H and O–H groups in total. The van der Waals surface area contributed by atoms with E-state index >= 15 is 0 Å². The highest BCUT2D eigenvalue weighted by Crippen LogP contribution is 2.50. The van der Waals surface area contributed by atoms with Gasteiger partial charge >= 0.3 is 6.03 Å². The first kappa shape index (κ1) is 22.0. The summed E-state index contributed by atoms with van der Waals surface area (Å²) in [5.41, 5.74) is 5.55. The summed E-state index contributed by atoms with van der Waals surface area (Å²) in [6, 6.07) is 17.0. The third-order valence-electron chi connectivity index (χ3n) is 7.00. The minimum absolute atomic E-state index is 0.0820. The Labute approximate surface area is 198 Å². The number of aromatic nitrogens is 1. The molecule has 170 valence electrons. The number of nitrogens with one attached hydrogen (secondary N) is 1. The maximum absolute atomic E-state index is 13.6. The first-order chi connectivity index (χ1) is 16.0. The number of nitrogens with zero attached hydrogens (tertiary/aromatic N) is 2. The van der Waals surface area contributed by atoms with Gasteiger partial charge in [0.2, 0.25) is 0 Å². The number of hydrogen-bond donors (Lipinski definition) is 1. The lowest BCUT2D eigenvalue weighted by Crippen LogP contribution is -2.41. The van der Waals surface area contributed by atoms with Crippen molar-refractivity contribution in [1.82, 2.24) is 10.3 Å². The Morgan fingerprint density at radius 2 is 1.88 bits per heavy atom. The molecular weight excluding hydrogens is 433 g/mol. The number of rotatable bonds is 4. The summed E-state index contributed by atoms with van der Waals surface area (Å²) in [5, 5.41) is 3.10. The summed E-state index contributed by atoms with van der Waals surface area (Å²) in [6.07, 6.45) is 6.44. The number of hydrogen-bond acceptors (Lipinski definition) is 3. The summed E-state index contributed by atoms with van der Waals surface area (Å²) in [5.74, 6) is -0.240. The molecule has 5 rings (SSSR count). The molecule has 2 amide bonds. The topological polar surface area (TPSA) is 45.2 Å². The fourth-order valence-corrected chi connectivity index (χ4v) is 5.64. The van der Waals surface area contributed by atoms with Gasteiger partial charge in [0, 0.05) is 29.0 Å². The third kappa shape index (κ3) is 4.12. The SMILES string of the molecule is CSc1ccc(CNC(=O)N2CC3(CCCC3)c3nc(-c4ccc(F)cc4C)ccc32)cc1. The van der Waals surface area contributed by atoms with Crippen molar-refractivity contribution in [3.63, 3.8) is 0 Å². The Kier molecular flexibility index (Phi) is 5.87. The van der Waals surface area contributed by atoms with E-state index in [-0.39, 0.29) is 17.3 Å². The van der Waals surface area contributed by atoms with E-state index in [2.05, 4.69) is 35.8 Å². The van der Waals surface area contributed by atoms with E-state index in [1.807, 2.05) is 24.0 Å². The standard InChI is InChI=1S/C27H28FN3OS/c1-18-15-20(28)7-10-22(18)23-11-12-24-25(30-23)27(13-3-4-14-27)17-31(24)26(32)29-16-19-5-8-21(33-2)9-6-19/h5-12,15H,3-4,13-14,16-17H2,1-2H3,(H,29,32). The summed E-state index contributed by atoms with van der Waals surface area (Å²) in [4.78, 5) is 21.4. The van der Waals surface area contributed by atoms with Crippen LogP contribution in [0.3, 0.4) is 0 Å². The van der Waals surface area contributed by atoms with Gasteiger partial charge in [-0.1, -0.05) is 25.0 Å². The molecule has 1 aromatic heterocycles. The highest BCUT2D eigenvalue weighted by molar-refractivity contribution is 7.98. The number of anilines is 1. The average Bonchev–Trinajstić information content (AvgIpc) is 3.43. The fraction of sp³-hybridized carbons (Fsp3) is 0.333. The van der Waals surface area contributed by atoms with Crippen molar-refractivity contribution in [2.45, 2.75) is 49.5 Å². The van der Waals surface area contributed by atoms with Crippen LogP contribution in [0.5, 0.6) is 0 Å². The van der Waals surface area contributed by atoms with Gasteiger partial charge in [0.1, 0.15) is 5.82 Å². The maximum Gasteiger partial charge on any atom is 0.322 e. The number of carbonyl (C=O) groups excluding carboxylic acids is 1. The van der Waals surface area contributed by atoms with E-state index in [0.29, 0.717) is 13.1 Å². The molecule has 2 heterocycles. The Hall–Kier alpha value is -2.86. The molecule has 3 aromatic rings. The van der Waals surface area contributed by atoms with E-state index in [4.69, 9.17) is 4.98 Å². The zero-order valence-electron chi connectivity index (χ0n) is 19.0. The molecule has 0 atom stereocenters. The minimum atomic E-state index is -0.240. The number of thioether (sulfide) groups is 1. The molecule has 1 aliphatic carbocycles. The molecule has 0 unspecified atom stereocenters. The van der Waals surface area contributed by atoms with Crippen LogP contribution in [0, 0.1) is 12.7 Å². The number of fused-ring (bicyclic) bond motifs is 2. The molecule has 1 fully saturated rings. The van der Waals surface area contributed by atoms with Gasteiger partial charge < -0.3 is 5.32 Å². The van der Waals surface area contributed by atoms with Gasteiger partial charge in [-0.2, -0.15) is 0 Å². The predicted molar refractivity (Wildman–Crippen MR) is 132 cm³/mol. The lowest BCUT2D eigenvalue weighted by atomic mass is 9.84. The van der Waals surface area contributed by atoms with Crippen LogP contribution in [0.2, 0.25) is 0 Å². The molecule has 1 spiro atoms. The van der Waals surface area contributed by atoms with Crippen molar-refractivity contribution in [1.29, 1.82) is 0 Å². The normalized spacial score (nSPS) is 16.3. The van der Waals surface area contributed by atoms with Crippen molar-refractivity contribution in [2.75, 3.05) is 17.7 Å². The second-order valence-electron chi connectivity index (χ2n) is 9.10. The third-order valence-corrected chi connectivity index (χ3v) is 7.74. The second kappa shape index (κ2) is 8.82. The lowest BCUT2D eigenvalue weighted by Gasteiger charge is -2.24. The highest BCUT2D eigenvalue weighted by Gasteiger charge is 2.47. The molecule has 6 heteroatoms. The molecule has 4 nitrogen and oxygen atoms in total. The van der Waals surface area contributed by atoms with Crippen LogP contribution in [0.25, 0.3) is 11.3 Å². The quantitative estimate of drug-likeness (QED) is 0.454. The van der Waals surface area contributed by atoms with Crippen molar-refractivity contribution >= 4 is 23.5 Å². The van der Waals surface area contributed by atoms with Gasteiger partial charge in [-0.05, 0) is 79.6 Å². The molecular formula is C27H28FN3OS. The lowest BCUT2D eigenvalue weighted by molar-refractivity contribution is 0.245. The van der Waals surface area contributed by atoms with Crippen LogP contribution in [0.1, 0.15) is 42.5 Å². The van der Waals surface area contributed by atoms with E-state index in [9.17, 15) is 9.18 Å². The van der Waals surface area contributed by atoms with Gasteiger partial charge in [-0.3, -0.25) is 4.90 Å². The number of pyridine rings is 1. The summed E-state index contributed by atoms with van der Waals surface area (Å²) >= 11 is 1.71. The number of urea groups is 1. The molecule has 33 heavy (non-hydrogen) atoms. The van der Waals surface area contributed by atoms with Crippen LogP contribution in [-0.2, 0) is 12.0 Å². The molecule has 2 aromatic carbocycles. The minimum Gasteiger partial charge on any atom is -0.334 e. The first-order valence-electron chi connectivity index (χ1n) is 11.5. The Bertz CT molecular complexity index is 1190. The number of amides is 2.